The van der Waals surface area contributed by atoms with Gasteiger partial charge in [-0.05, 0) is 24.4 Å². The zero-order valence-electron chi connectivity index (χ0n) is 11.6. The number of anilines is 1. The first-order valence-electron chi connectivity index (χ1n) is 6.74. The Balaban J connectivity index is 1.70. The molecule has 0 radical (unpaired) electrons. The maximum atomic E-state index is 10.6. The molecule has 1 aromatic rings. The summed E-state index contributed by atoms with van der Waals surface area (Å²) in [6.07, 6.45) is 0. The van der Waals surface area contributed by atoms with Gasteiger partial charge in [0.25, 0.3) is 5.69 Å². The molecule has 1 aliphatic rings. The van der Waals surface area contributed by atoms with Crippen LogP contribution < -0.4 is 10.6 Å². The van der Waals surface area contributed by atoms with Gasteiger partial charge in [-0.2, -0.15) is 0 Å². The second kappa shape index (κ2) is 7.87. The van der Waals surface area contributed by atoms with Crippen molar-refractivity contribution in [1.82, 2.24) is 10.2 Å². The number of ether oxygens (including phenoxy) is 1. The largest absolute Gasteiger partial charge is 0.379 e. The van der Waals surface area contributed by atoms with E-state index in [0.717, 1.165) is 45.1 Å². The van der Waals surface area contributed by atoms with Gasteiger partial charge in [0, 0.05) is 44.0 Å². The fraction of sp³-hybridized carbons (Fsp3) is 0.462. The molecule has 0 bridgehead atoms. The number of benzene rings is 1. The Morgan fingerprint density at radius 1 is 1.33 bits per heavy atom. The summed E-state index contributed by atoms with van der Waals surface area (Å²) < 4.78 is 5.28. The number of morpholine rings is 1. The molecule has 7 nitrogen and oxygen atoms in total. The number of hydrogen-bond donors (Lipinski definition) is 2. The highest BCUT2D eigenvalue weighted by Gasteiger charge is 2.09. The molecule has 0 aliphatic carbocycles. The highest BCUT2D eigenvalue weighted by atomic mass is 32.1. The fourth-order valence-electron chi connectivity index (χ4n) is 1.99. The lowest BCUT2D eigenvalue weighted by Crippen LogP contribution is -2.42. The molecule has 0 saturated carbocycles. The zero-order valence-corrected chi connectivity index (χ0v) is 12.4. The Hall–Kier alpha value is -1.77. The molecular weight excluding hydrogens is 292 g/mol. The molecule has 2 rings (SSSR count). The summed E-state index contributed by atoms with van der Waals surface area (Å²) in [6.45, 7) is 5.12. The number of rotatable bonds is 5. The van der Waals surface area contributed by atoms with Gasteiger partial charge in [0.1, 0.15) is 0 Å². The predicted octanol–water partition coefficient (Wildman–Crippen LogP) is 1.21. The summed E-state index contributed by atoms with van der Waals surface area (Å²) in [5, 5.41) is 17.2. The molecule has 0 atom stereocenters. The predicted molar refractivity (Wildman–Crippen MR) is 84.6 cm³/mol. The lowest BCUT2D eigenvalue weighted by atomic mass is 10.3. The van der Waals surface area contributed by atoms with Gasteiger partial charge in [-0.15, -0.1) is 0 Å². The van der Waals surface area contributed by atoms with E-state index in [-0.39, 0.29) is 5.69 Å². The zero-order chi connectivity index (χ0) is 15.1. The molecule has 1 saturated heterocycles. The van der Waals surface area contributed by atoms with E-state index in [1.807, 2.05) is 0 Å². The van der Waals surface area contributed by atoms with Crippen LogP contribution >= 0.6 is 12.2 Å². The number of nitro benzene ring substituents is 1. The second-order valence-electron chi connectivity index (χ2n) is 4.64. The van der Waals surface area contributed by atoms with Gasteiger partial charge in [-0.1, -0.05) is 0 Å². The first-order valence-corrected chi connectivity index (χ1v) is 7.15. The van der Waals surface area contributed by atoms with Gasteiger partial charge in [0.2, 0.25) is 0 Å². The molecule has 0 amide bonds. The molecule has 0 aromatic heterocycles. The molecule has 1 fully saturated rings. The Morgan fingerprint density at radius 3 is 2.62 bits per heavy atom. The van der Waals surface area contributed by atoms with Crippen molar-refractivity contribution in [3.05, 3.63) is 34.4 Å². The number of nitrogens with zero attached hydrogens (tertiary/aromatic N) is 2. The van der Waals surface area contributed by atoms with Crippen molar-refractivity contribution >= 4 is 28.7 Å². The smallest absolute Gasteiger partial charge is 0.269 e. The molecule has 1 heterocycles. The van der Waals surface area contributed by atoms with Crippen LogP contribution in [0.15, 0.2) is 24.3 Å². The maximum Gasteiger partial charge on any atom is 0.269 e. The van der Waals surface area contributed by atoms with E-state index in [1.165, 1.54) is 12.1 Å². The minimum absolute atomic E-state index is 0.0618. The molecule has 0 unspecified atom stereocenters. The van der Waals surface area contributed by atoms with Crippen LogP contribution in [0.4, 0.5) is 11.4 Å². The van der Waals surface area contributed by atoms with Crippen LogP contribution in [0.1, 0.15) is 0 Å². The summed E-state index contributed by atoms with van der Waals surface area (Å²) in [7, 11) is 0. The van der Waals surface area contributed by atoms with Gasteiger partial charge in [-0.25, -0.2) is 0 Å². The summed E-state index contributed by atoms with van der Waals surface area (Å²) in [6, 6.07) is 6.15. The number of non-ortho nitro benzene ring substituents is 1. The molecule has 0 spiro atoms. The summed E-state index contributed by atoms with van der Waals surface area (Å²) in [5.74, 6) is 0. The van der Waals surface area contributed by atoms with Gasteiger partial charge in [0.05, 0.1) is 18.1 Å². The van der Waals surface area contributed by atoms with Crippen molar-refractivity contribution in [2.24, 2.45) is 0 Å². The first kappa shape index (κ1) is 15.6. The third kappa shape index (κ3) is 5.25. The highest BCUT2D eigenvalue weighted by Crippen LogP contribution is 2.15. The average molecular weight is 310 g/mol. The topological polar surface area (TPSA) is 79.7 Å². The monoisotopic (exact) mass is 310 g/mol. The van der Waals surface area contributed by atoms with Crippen molar-refractivity contribution in [1.29, 1.82) is 0 Å². The van der Waals surface area contributed by atoms with Crippen LogP contribution in [0.25, 0.3) is 0 Å². The quantitative estimate of drug-likeness (QED) is 0.481. The molecule has 1 aliphatic heterocycles. The van der Waals surface area contributed by atoms with E-state index in [1.54, 1.807) is 12.1 Å². The van der Waals surface area contributed by atoms with Crippen LogP contribution in [0.2, 0.25) is 0 Å². The van der Waals surface area contributed by atoms with Gasteiger partial charge in [-0.3, -0.25) is 15.0 Å². The maximum absolute atomic E-state index is 10.6. The molecule has 1 aromatic carbocycles. The van der Waals surface area contributed by atoms with Crippen molar-refractivity contribution in [2.45, 2.75) is 0 Å². The Bertz CT molecular complexity index is 489. The first-order chi connectivity index (χ1) is 10.1. The average Bonchev–Trinajstić information content (AvgIpc) is 2.49. The standard InChI is InChI=1S/C13H18N4O3S/c18-17(19)12-3-1-11(2-4-12)15-13(21)14-5-6-16-7-9-20-10-8-16/h1-4H,5-10H2,(H2,14,15,21). The van der Waals surface area contributed by atoms with Crippen LogP contribution in [0.5, 0.6) is 0 Å². The van der Waals surface area contributed by atoms with Crippen LogP contribution in [-0.4, -0.2) is 54.3 Å². The Morgan fingerprint density at radius 2 is 2.00 bits per heavy atom. The normalized spacial score (nSPS) is 15.4. The van der Waals surface area contributed by atoms with Gasteiger partial charge in [0.15, 0.2) is 5.11 Å². The van der Waals surface area contributed by atoms with Gasteiger partial charge >= 0.3 is 0 Å². The molecule has 2 N–H and O–H groups in total. The number of nitrogens with one attached hydrogen (secondary N) is 2. The lowest BCUT2D eigenvalue weighted by molar-refractivity contribution is -0.384. The minimum atomic E-state index is -0.428. The molecule has 21 heavy (non-hydrogen) atoms. The molecule has 8 heteroatoms. The van der Waals surface area contributed by atoms with E-state index >= 15 is 0 Å². The second-order valence-corrected chi connectivity index (χ2v) is 5.05. The third-order valence-electron chi connectivity index (χ3n) is 3.15. The van der Waals surface area contributed by atoms with E-state index in [2.05, 4.69) is 15.5 Å². The Kier molecular flexibility index (Phi) is 5.85. The van der Waals surface area contributed by atoms with Crippen LogP contribution in [-0.2, 0) is 4.74 Å². The number of hydrogen-bond acceptors (Lipinski definition) is 5. The summed E-state index contributed by atoms with van der Waals surface area (Å²) in [5.41, 5.74) is 0.788. The van der Waals surface area contributed by atoms with E-state index in [9.17, 15) is 10.1 Å². The van der Waals surface area contributed by atoms with E-state index in [0.29, 0.717) is 5.11 Å². The molecular formula is C13H18N4O3S. The Labute approximate surface area is 128 Å². The van der Waals surface area contributed by atoms with Crippen molar-refractivity contribution in [3.8, 4) is 0 Å². The van der Waals surface area contributed by atoms with Crippen molar-refractivity contribution in [3.63, 3.8) is 0 Å². The summed E-state index contributed by atoms with van der Waals surface area (Å²) in [4.78, 5) is 12.4. The molecule has 114 valence electrons. The summed E-state index contributed by atoms with van der Waals surface area (Å²) >= 11 is 5.19. The number of thiocarbonyl (C=S) groups is 1. The highest BCUT2D eigenvalue weighted by molar-refractivity contribution is 7.80. The fourth-order valence-corrected chi connectivity index (χ4v) is 2.21. The van der Waals surface area contributed by atoms with Crippen LogP contribution in [0.3, 0.4) is 0 Å². The minimum Gasteiger partial charge on any atom is -0.379 e. The lowest BCUT2D eigenvalue weighted by Gasteiger charge is -2.26. The van der Waals surface area contributed by atoms with E-state index in [4.69, 9.17) is 17.0 Å². The number of nitro groups is 1. The SMILES string of the molecule is O=[N+]([O-])c1ccc(NC(=S)NCCN2CCOCC2)cc1. The van der Waals surface area contributed by atoms with Gasteiger partial charge < -0.3 is 15.4 Å². The van der Waals surface area contributed by atoms with E-state index < -0.39 is 4.92 Å². The van der Waals surface area contributed by atoms with Crippen molar-refractivity contribution in [2.75, 3.05) is 44.7 Å². The third-order valence-corrected chi connectivity index (χ3v) is 3.40. The van der Waals surface area contributed by atoms with Crippen molar-refractivity contribution < 1.29 is 9.66 Å². The van der Waals surface area contributed by atoms with Crippen LogP contribution in [0, 0.1) is 10.1 Å².